The highest BCUT2D eigenvalue weighted by Gasteiger charge is 2.15. The monoisotopic (exact) mass is 340 g/mol. The third-order valence-electron chi connectivity index (χ3n) is 3.79. The Hall–Kier alpha value is -2.86. The van der Waals surface area contributed by atoms with E-state index in [1.165, 1.54) is 4.52 Å². The number of benzene rings is 2. The maximum Gasteiger partial charge on any atom is 0.226 e. The summed E-state index contributed by atoms with van der Waals surface area (Å²) in [7, 11) is 3.23. The average molecular weight is 341 g/mol. The summed E-state index contributed by atoms with van der Waals surface area (Å²) in [5.41, 5.74) is 2.16. The second-order valence-electron chi connectivity index (χ2n) is 5.14. The molecule has 0 bridgehead atoms. The van der Waals surface area contributed by atoms with Gasteiger partial charge in [0.2, 0.25) is 5.28 Å². The summed E-state index contributed by atoms with van der Waals surface area (Å²) in [5.74, 6) is 1.99. The summed E-state index contributed by atoms with van der Waals surface area (Å²) < 4.78 is 12.1. The molecule has 2 heterocycles. The SMILES string of the molecule is COc1ccc(-c2nc3c4cccc(OC)c4nc(Cl)n3n2)cc1. The summed E-state index contributed by atoms with van der Waals surface area (Å²) in [6.45, 7) is 0. The minimum Gasteiger partial charge on any atom is -0.497 e. The molecular weight excluding hydrogens is 328 g/mol. The molecule has 0 radical (unpaired) electrons. The molecule has 0 saturated carbocycles. The van der Waals surface area contributed by atoms with Crippen molar-refractivity contribution in [1.82, 2.24) is 19.6 Å². The Morgan fingerprint density at radius 3 is 2.46 bits per heavy atom. The standard InChI is InChI=1S/C17H13ClN4O2/c1-23-11-8-6-10(7-9-11)15-20-16-12-4-3-5-13(24-2)14(12)19-17(18)22(16)21-15/h3-9H,1-2H3. The highest BCUT2D eigenvalue weighted by molar-refractivity contribution is 6.29. The van der Waals surface area contributed by atoms with Gasteiger partial charge in [0.1, 0.15) is 17.0 Å². The zero-order valence-corrected chi connectivity index (χ0v) is 13.8. The van der Waals surface area contributed by atoms with Crippen molar-refractivity contribution in [1.29, 1.82) is 0 Å². The number of rotatable bonds is 3. The number of para-hydroxylation sites is 1. The van der Waals surface area contributed by atoms with Crippen LogP contribution in [0.4, 0.5) is 0 Å². The number of methoxy groups -OCH3 is 2. The van der Waals surface area contributed by atoms with E-state index in [1.54, 1.807) is 14.2 Å². The van der Waals surface area contributed by atoms with Gasteiger partial charge in [0.05, 0.1) is 14.2 Å². The Labute approximate surface area is 142 Å². The van der Waals surface area contributed by atoms with E-state index in [0.29, 0.717) is 22.7 Å². The van der Waals surface area contributed by atoms with Crippen LogP contribution in [0.2, 0.25) is 5.28 Å². The van der Waals surface area contributed by atoms with Crippen LogP contribution in [0.15, 0.2) is 42.5 Å². The largest absolute Gasteiger partial charge is 0.497 e. The second kappa shape index (κ2) is 5.65. The number of aromatic nitrogens is 4. The molecule has 4 aromatic rings. The fraction of sp³-hybridized carbons (Fsp3) is 0.118. The summed E-state index contributed by atoms with van der Waals surface area (Å²) in [5, 5.41) is 5.53. The van der Waals surface area contributed by atoms with Crippen LogP contribution in [0, 0.1) is 0 Å². The van der Waals surface area contributed by atoms with Crippen LogP contribution in [0.5, 0.6) is 11.5 Å². The first kappa shape index (κ1) is 14.7. The zero-order chi connectivity index (χ0) is 16.7. The lowest BCUT2D eigenvalue weighted by Crippen LogP contribution is -1.96. The number of hydrogen-bond acceptors (Lipinski definition) is 5. The van der Waals surface area contributed by atoms with Gasteiger partial charge in [-0.15, -0.1) is 5.10 Å². The van der Waals surface area contributed by atoms with Crippen LogP contribution >= 0.6 is 11.6 Å². The first-order chi connectivity index (χ1) is 11.7. The molecule has 2 aromatic carbocycles. The van der Waals surface area contributed by atoms with Crippen LogP contribution in [0.3, 0.4) is 0 Å². The fourth-order valence-electron chi connectivity index (χ4n) is 2.60. The zero-order valence-electron chi connectivity index (χ0n) is 13.0. The molecule has 7 heteroatoms. The third kappa shape index (κ3) is 2.23. The maximum atomic E-state index is 6.29. The number of hydrogen-bond donors (Lipinski definition) is 0. The molecule has 0 unspecified atom stereocenters. The molecule has 0 amide bonds. The number of nitrogens with zero attached hydrogens (tertiary/aromatic N) is 4. The van der Waals surface area contributed by atoms with Crippen molar-refractivity contribution in [3.63, 3.8) is 0 Å². The minimum absolute atomic E-state index is 0.231. The fourth-order valence-corrected chi connectivity index (χ4v) is 2.80. The number of fused-ring (bicyclic) bond motifs is 3. The molecular formula is C17H13ClN4O2. The van der Waals surface area contributed by atoms with Gasteiger partial charge in [-0.05, 0) is 48.0 Å². The van der Waals surface area contributed by atoms with Gasteiger partial charge >= 0.3 is 0 Å². The Bertz CT molecular complexity index is 1040. The van der Waals surface area contributed by atoms with E-state index in [-0.39, 0.29) is 5.28 Å². The van der Waals surface area contributed by atoms with E-state index in [4.69, 9.17) is 21.1 Å². The Morgan fingerprint density at radius 1 is 0.958 bits per heavy atom. The third-order valence-corrected chi connectivity index (χ3v) is 4.04. The van der Waals surface area contributed by atoms with Gasteiger partial charge in [0.15, 0.2) is 11.5 Å². The normalized spacial score (nSPS) is 11.1. The van der Waals surface area contributed by atoms with Gasteiger partial charge < -0.3 is 9.47 Å². The topological polar surface area (TPSA) is 61.5 Å². The van der Waals surface area contributed by atoms with Gasteiger partial charge in [0.25, 0.3) is 0 Å². The second-order valence-corrected chi connectivity index (χ2v) is 5.47. The lowest BCUT2D eigenvalue weighted by Gasteiger charge is -2.05. The van der Waals surface area contributed by atoms with Gasteiger partial charge in [0, 0.05) is 10.9 Å². The molecule has 0 N–H and O–H groups in total. The van der Waals surface area contributed by atoms with E-state index in [9.17, 15) is 0 Å². The van der Waals surface area contributed by atoms with E-state index in [0.717, 1.165) is 16.7 Å². The highest BCUT2D eigenvalue weighted by Crippen LogP contribution is 2.29. The molecule has 120 valence electrons. The van der Waals surface area contributed by atoms with Crippen molar-refractivity contribution in [2.75, 3.05) is 14.2 Å². The maximum absolute atomic E-state index is 6.29. The van der Waals surface area contributed by atoms with Crippen molar-refractivity contribution in [2.24, 2.45) is 0 Å². The van der Waals surface area contributed by atoms with Crippen LogP contribution < -0.4 is 9.47 Å². The highest BCUT2D eigenvalue weighted by atomic mass is 35.5. The van der Waals surface area contributed by atoms with E-state index < -0.39 is 0 Å². The Kier molecular flexibility index (Phi) is 3.46. The van der Waals surface area contributed by atoms with Crippen molar-refractivity contribution in [3.8, 4) is 22.9 Å². The molecule has 2 aromatic heterocycles. The molecule has 0 fully saturated rings. The van der Waals surface area contributed by atoms with Gasteiger partial charge in [-0.3, -0.25) is 0 Å². The lowest BCUT2D eigenvalue weighted by molar-refractivity contribution is 0.415. The molecule has 24 heavy (non-hydrogen) atoms. The van der Waals surface area contributed by atoms with Gasteiger partial charge in [-0.25, -0.2) is 9.97 Å². The van der Waals surface area contributed by atoms with Crippen molar-refractivity contribution in [2.45, 2.75) is 0 Å². The molecule has 0 aliphatic rings. The predicted octanol–water partition coefficient (Wildman–Crippen LogP) is 3.62. The molecule has 0 aliphatic heterocycles. The van der Waals surface area contributed by atoms with E-state index in [2.05, 4.69) is 15.1 Å². The summed E-state index contributed by atoms with van der Waals surface area (Å²) in [4.78, 5) is 9.02. The Morgan fingerprint density at radius 2 is 1.75 bits per heavy atom. The Balaban J connectivity index is 1.97. The molecule has 0 spiro atoms. The van der Waals surface area contributed by atoms with E-state index in [1.807, 2.05) is 42.5 Å². The quantitative estimate of drug-likeness (QED) is 0.533. The van der Waals surface area contributed by atoms with Crippen LogP contribution in [0.1, 0.15) is 0 Å². The first-order valence-electron chi connectivity index (χ1n) is 7.24. The number of halogens is 1. The molecule has 6 nitrogen and oxygen atoms in total. The average Bonchev–Trinajstić information content (AvgIpc) is 3.08. The minimum atomic E-state index is 0.231. The van der Waals surface area contributed by atoms with Crippen LogP contribution in [-0.2, 0) is 0 Å². The van der Waals surface area contributed by atoms with Gasteiger partial charge in [-0.1, -0.05) is 6.07 Å². The van der Waals surface area contributed by atoms with Crippen molar-refractivity contribution in [3.05, 3.63) is 47.7 Å². The van der Waals surface area contributed by atoms with Crippen LogP contribution in [0.25, 0.3) is 27.9 Å². The van der Waals surface area contributed by atoms with Crippen LogP contribution in [-0.4, -0.2) is 33.8 Å². The summed E-state index contributed by atoms with van der Waals surface area (Å²) >= 11 is 6.29. The molecule has 0 atom stereocenters. The molecule has 4 rings (SSSR count). The molecule has 0 aliphatic carbocycles. The summed E-state index contributed by atoms with van der Waals surface area (Å²) in [6.07, 6.45) is 0. The smallest absolute Gasteiger partial charge is 0.226 e. The first-order valence-corrected chi connectivity index (χ1v) is 7.62. The number of ether oxygens (including phenoxy) is 2. The predicted molar refractivity (Wildman–Crippen MR) is 91.8 cm³/mol. The van der Waals surface area contributed by atoms with Crippen molar-refractivity contribution < 1.29 is 9.47 Å². The van der Waals surface area contributed by atoms with Crippen molar-refractivity contribution >= 4 is 28.2 Å². The van der Waals surface area contributed by atoms with Gasteiger partial charge in [-0.2, -0.15) is 4.52 Å². The van der Waals surface area contributed by atoms with E-state index >= 15 is 0 Å². The summed E-state index contributed by atoms with van der Waals surface area (Å²) in [6, 6.07) is 13.2. The lowest BCUT2D eigenvalue weighted by atomic mass is 10.2. The molecule has 0 saturated heterocycles.